The van der Waals surface area contributed by atoms with Crippen molar-refractivity contribution in [1.82, 2.24) is 4.90 Å². The number of carbonyl (C=O) groups excluding carboxylic acids is 2. The minimum absolute atomic E-state index is 0.0110. The van der Waals surface area contributed by atoms with E-state index in [1.54, 1.807) is 6.07 Å². The van der Waals surface area contributed by atoms with Gasteiger partial charge in [0.15, 0.2) is 0 Å². The quantitative estimate of drug-likeness (QED) is 0.848. The zero-order valence-electron chi connectivity index (χ0n) is 12.8. The number of ether oxygens (including phenoxy) is 1. The second kappa shape index (κ2) is 7.39. The third kappa shape index (κ3) is 4.29. The molecule has 0 bridgehead atoms. The van der Waals surface area contributed by atoms with E-state index in [2.05, 4.69) is 21.2 Å². The van der Waals surface area contributed by atoms with Gasteiger partial charge in [0.05, 0.1) is 11.3 Å². The number of benzene rings is 2. The fourth-order valence-corrected chi connectivity index (χ4v) is 2.10. The van der Waals surface area contributed by atoms with Crippen LogP contribution >= 0.6 is 15.9 Å². The van der Waals surface area contributed by atoms with E-state index in [1.807, 2.05) is 0 Å². The Morgan fingerprint density at radius 2 is 1.83 bits per heavy atom. The highest BCUT2D eigenvalue weighted by molar-refractivity contribution is 9.10. The molecule has 8 heteroatoms. The van der Waals surface area contributed by atoms with Crippen LogP contribution in [-0.4, -0.2) is 31.0 Å². The summed E-state index contributed by atoms with van der Waals surface area (Å²) in [6, 6.07) is 7.23. The fraction of sp³-hybridized carbons (Fsp3) is 0.125. The molecular formula is C16H13BrF2N2O3. The van der Waals surface area contributed by atoms with E-state index in [4.69, 9.17) is 4.74 Å². The zero-order valence-corrected chi connectivity index (χ0v) is 14.4. The summed E-state index contributed by atoms with van der Waals surface area (Å²) in [6.45, 7) is 0. The van der Waals surface area contributed by atoms with E-state index < -0.39 is 23.6 Å². The molecule has 0 aliphatic heterocycles. The second-order valence-corrected chi connectivity index (χ2v) is 5.90. The Hall–Kier alpha value is -2.48. The van der Waals surface area contributed by atoms with Gasteiger partial charge in [0.2, 0.25) is 0 Å². The molecule has 24 heavy (non-hydrogen) atoms. The van der Waals surface area contributed by atoms with Crippen LogP contribution in [0, 0.1) is 11.6 Å². The molecule has 0 aliphatic rings. The van der Waals surface area contributed by atoms with E-state index in [0.29, 0.717) is 10.5 Å². The summed E-state index contributed by atoms with van der Waals surface area (Å²) in [6.07, 6.45) is -0.667. The van der Waals surface area contributed by atoms with Crippen molar-refractivity contribution in [3.8, 4) is 5.75 Å². The molecule has 0 saturated carbocycles. The molecule has 5 nitrogen and oxygen atoms in total. The minimum atomic E-state index is -0.912. The number of hydrogen-bond donors (Lipinski definition) is 1. The van der Waals surface area contributed by atoms with Gasteiger partial charge in [-0.2, -0.15) is 0 Å². The van der Waals surface area contributed by atoms with E-state index >= 15 is 0 Å². The van der Waals surface area contributed by atoms with Gasteiger partial charge in [0.25, 0.3) is 5.91 Å². The molecular weight excluding hydrogens is 386 g/mol. The smallest absolute Gasteiger partial charge is 0.409 e. The maximum atomic E-state index is 13.7. The van der Waals surface area contributed by atoms with Crippen molar-refractivity contribution in [2.24, 2.45) is 0 Å². The third-order valence-electron chi connectivity index (χ3n) is 2.93. The Balaban J connectivity index is 2.30. The lowest BCUT2D eigenvalue weighted by atomic mass is 10.2. The van der Waals surface area contributed by atoms with Crippen LogP contribution in [-0.2, 0) is 0 Å². The van der Waals surface area contributed by atoms with Gasteiger partial charge in [-0.15, -0.1) is 0 Å². The van der Waals surface area contributed by atoms with Gasteiger partial charge in [-0.1, -0.05) is 15.9 Å². The first-order valence-corrected chi connectivity index (χ1v) is 7.52. The van der Waals surface area contributed by atoms with Crippen LogP contribution in [0.2, 0.25) is 0 Å². The normalized spacial score (nSPS) is 10.2. The molecule has 2 rings (SSSR count). The average Bonchev–Trinajstić information content (AvgIpc) is 2.51. The van der Waals surface area contributed by atoms with Gasteiger partial charge in [-0.05, 0) is 30.3 Å². The highest BCUT2D eigenvalue weighted by Crippen LogP contribution is 2.25. The molecule has 2 amide bonds. The molecule has 0 aromatic heterocycles. The van der Waals surface area contributed by atoms with E-state index in [0.717, 1.165) is 12.1 Å². The number of rotatable bonds is 3. The largest absolute Gasteiger partial charge is 0.414 e. The topological polar surface area (TPSA) is 58.6 Å². The molecule has 0 spiro atoms. The van der Waals surface area contributed by atoms with Crippen molar-refractivity contribution in [3.05, 3.63) is 58.1 Å². The Bertz CT molecular complexity index is 797. The first-order chi connectivity index (χ1) is 11.3. The van der Waals surface area contributed by atoms with Crippen LogP contribution < -0.4 is 10.1 Å². The Labute approximate surface area is 145 Å². The maximum Gasteiger partial charge on any atom is 0.414 e. The van der Waals surface area contributed by atoms with Gasteiger partial charge in [0, 0.05) is 24.6 Å². The highest BCUT2D eigenvalue weighted by Gasteiger charge is 2.18. The summed E-state index contributed by atoms with van der Waals surface area (Å²) >= 11 is 3.21. The van der Waals surface area contributed by atoms with E-state index in [1.165, 1.54) is 31.1 Å². The summed E-state index contributed by atoms with van der Waals surface area (Å²) in [5.41, 5.74) is -0.172. The van der Waals surface area contributed by atoms with Crippen LogP contribution in [0.3, 0.4) is 0 Å². The van der Waals surface area contributed by atoms with Crippen molar-refractivity contribution < 1.29 is 23.1 Å². The summed E-state index contributed by atoms with van der Waals surface area (Å²) in [4.78, 5) is 25.3. The Morgan fingerprint density at radius 1 is 1.12 bits per heavy atom. The first kappa shape index (κ1) is 17.9. The average molecular weight is 399 g/mol. The van der Waals surface area contributed by atoms with Crippen LogP contribution in [0.5, 0.6) is 5.75 Å². The number of anilines is 1. The van der Waals surface area contributed by atoms with Crippen LogP contribution in [0.25, 0.3) is 0 Å². The summed E-state index contributed by atoms with van der Waals surface area (Å²) in [5.74, 6) is -2.36. The molecule has 0 aliphatic carbocycles. The second-order valence-electron chi connectivity index (χ2n) is 4.98. The molecule has 1 N–H and O–H groups in total. The molecule has 2 aromatic rings. The van der Waals surface area contributed by atoms with Gasteiger partial charge in [0.1, 0.15) is 17.4 Å². The lowest BCUT2D eigenvalue weighted by Crippen LogP contribution is -2.26. The van der Waals surface area contributed by atoms with Crippen LogP contribution in [0.4, 0.5) is 19.3 Å². The number of amides is 2. The molecule has 2 aromatic carbocycles. The van der Waals surface area contributed by atoms with Crippen molar-refractivity contribution in [2.45, 2.75) is 0 Å². The number of halogens is 3. The number of nitrogens with zero attached hydrogens (tertiary/aromatic N) is 1. The predicted molar refractivity (Wildman–Crippen MR) is 88.2 cm³/mol. The Kier molecular flexibility index (Phi) is 5.50. The standard InChI is InChI=1S/C16H13BrF2N2O3/c1-21(2)16(23)24-14-6-3-9(17)7-11(14)15(22)20-13-5-4-10(18)8-12(13)19/h3-8H,1-2H3,(H,20,22). The van der Waals surface area contributed by atoms with Gasteiger partial charge in [-0.25, -0.2) is 13.6 Å². The van der Waals surface area contributed by atoms with Gasteiger partial charge < -0.3 is 15.0 Å². The van der Waals surface area contributed by atoms with E-state index in [9.17, 15) is 18.4 Å². The number of hydrogen-bond acceptors (Lipinski definition) is 3. The van der Waals surface area contributed by atoms with Gasteiger partial charge in [-0.3, -0.25) is 4.79 Å². The monoisotopic (exact) mass is 398 g/mol. The van der Waals surface area contributed by atoms with Gasteiger partial charge >= 0.3 is 6.09 Å². The molecule has 0 fully saturated rings. The highest BCUT2D eigenvalue weighted by atomic mass is 79.9. The van der Waals surface area contributed by atoms with E-state index in [-0.39, 0.29) is 17.0 Å². The lowest BCUT2D eigenvalue weighted by Gasteiger charge is -2.14. The zero-order chi connectivity index (χ0) is 17.9. The Morgan fingerprint density at radius 3 is 2.46 bits per heavy atom. The van der Waals surface area contributed by atoms with Crippen LogP contribution in [0.15, 0.2) is 40.9 Å². The third-order valence-corrected chi connectivity index (χ3v) is 3.42. The lowest BCUT2D eigenvalue weighted by molar-refractivity contribution is 0.102. The van der Waals surface area contributed by atoms with Crippen molar-refractivity contribution in [1.29, 1.82) is 0 Å². The van der Waals surface area contributed by atoms with Crippen molar-refractivity contribution >= 4 is 33.6 Å². The number of carbonyl (C=O) groups is 2. The minimum Gasteiger partial charge on any atom is -0.409 e. The molecule has 0 saturated heterocycles. The first-order valence-electron chi connectivity index (χ1n) is 6.73. The van der Waals surface area contributed by atoms with Crippen molar-refractivity contribution in [2.75, 3.05) is 19.4 Å². The summed E-state index contributed by atoms with van der Waals surface area (Å²) < 4.78 is 32.3. The predicted octanol–water partition coefficient (Wildman–Crippen LogP) is 4.04. The molecule has 126 valence electrons. The van der Waals surface area contributed by atoms with Crippen molar-refractivity contribution in [3.63, 3.8) is 0 Å². The molecule has 0 unspecified atom stereocenters. The molecule has 0 radical (unpaired) electrons. The molecule has 0 heterocycles. The van der Waals surface area contributed by atoms with Crippen LogP contribution in [0.1, 0.15) is 10.4 Å². The molecule has 0 atom stereocenters. The maximum absolute atomic E-state index is 13.7. The fourth-order valence-electron chi connectivity index (χ4n) is 1.73. The summed E-state index contributed by atoms with van der Waals surface area (Å²) in [5, 5.41) is 2.32. The summed E-state index contributed by atoms with van der Waals surface area (Å²) in [7, 11) is 2.99. The number of nitrogens with one attached hydrogen (secondary N) is 1. The SMILES string of the molecule is CN(C)C(=O)Oc1ccc(Br)cc1C(=O)Nc1ccc(F)cc1F.